The largest absolute Gasteiger partial charge is 0.338 e. The molecule has 0 unspecified atom stereocenters. The number of aromatic nitrogens is 2. The second-order valence-electron chi connectivity index (χ2n) is 2.85. The quantitative estimate of drug-likeness (QED) is 0.689. The number of hydrogen-bond acceptors (Lipinski definition) is 2. The molecule has 0 spiro atoms. The molecule has 0 atom stereocenters. The van der Waals surface area contributed by atoms with E-state index in [1.54, 1.807) is 4.68 Å². The van der Waals surface area contributed by atoms with E-state index in [2.05, 4.69) is 25.8 Å². The van der Waals surface area contributed by atoms with Crippen LogP contribution in [0.25, 0.3) is 0 Å². The fourth-order valence-corrected chi connectivity index (χ4v) is 1.48. The first kappa shape index (κ1) is 9.10. The van der Waals surface area contributed by atoms with Crippen molar-refractivity contribution in [1.29, 1.82) is 0 Å². The van der Waals surface area contributed by atoms with Gasteiger partial charge in [0.25, 0.3) is 0 Å². The topological polar surface area (TPSA) is 43.8 Å². The fourth-order valence-electron chi connectivity index (χ4n) is 1.48. The van der Waals surface area contributed by atoms with Gasteiger partial charge in [0.1, 0.15) is 5.82 Å². The fraction of sp³-hybridized carbons (Fsp3) is 0.667. The van der Waals surface area contributed by atoms with Gasteiger partial charge in [0.15, 0.2) is 0 Å². The molecule has 0 aliphatic carbocycles. The number of rotatable bonds is 3. The van der Waals surface area contributed by atoms with Gasteiger partial charge in [-0.2, -0.15) is 0 Å². The number of nitrogens with zero attached hydrogens (tertiary/aromatic N) is 2. The van der Waals surface area contributed by atoms with Crippen LogP contribution < -0.4 is 5.84 Å². The van der Waals surface area contributed by atoms with Crippen LogP contribution in [-0.2, 0) is 19.3 Å². The van der Waals surface area contributed by atoms with E-state index in [1.165, 1.54) is 5.69 Å². The average Bonchev–Trinajstić information content (AvgIpc) is 2.41. The summed E-state index contributed by atoms with van der Waals surface area (Å²) in [4.78, 5) is 4.46. The van der Waals surface area contributed by atoms with E-state index in [-0.39, 0.29) is 0 Å². The van der Waals surface area contributed by atoms with E-state index in [4.69, 9.17) is 5.84 Å². The number of nitrogens with two attached hydrogens (primary N) is 1. The lowest BCUT2D eigenvalue weighted by Gasteiger charge is -2.01. The molecule has 0 radical (unpaired) electrons. The summed E-state index contributed by atoms with van der Waals surface area (Å²) in [5.74, 6) is 6.84. The van der Waals surface area contributed by atoms with E-state index < -0.39 is 0 Å². The molecule has 1 rings (SSSR count). The zero-order chi connectivity index (χ0) is 9.14. The molecule has 0 aliphatic heterocycles. The second kappa shape index (κ2) is 3.61. The number of imidazole rings is 1. The van der Waals surface area contributed by atoms with Crippen LogP contribution in [0.3, 0.4) is 0 Å². The molecule has 0 bridgehead atoms. The standard InChI is InChI=1S/C9H17N3/c1-4-7-8(5-2)12(10)9(6-3)11-7/h4-6,10H2,1-3H3. The lowest BCUT2D eigenvalue weighted by atomic mass is 10.2. The summed E-state index contributed by atoms with van der Waals surface area (Å²) in [5, 5.41) is 0. The van der Waals surface area contributed by atoms with Gasteiger partial charge in [0, 0.05) is 6.42 Å². The lowest BCUT2D eigenvalue weighted by molar-refractivity contribution is 0.812. The minimum Gasteiger partial charge on any atom is -0.338 e. The van der Waals surface area contributed by atoms with Gasteiger partial charge >= 0.3 is 0 Å². The van der Waals surface area contributed by atoms with Crippen molar-refractivity contribution in [2.24, 2.45) is 0 Å². The van der Waals surface area contributed by atoms with Crippen LogP contribution in [0.5, 0.6) is 0 Å². The molecule has 68 valence electrons. The molecule has 0 aliphatic rings. The third kappa shape index (κ3) is 1.31. The first-order valence-corrected chi connectivity index (χ1v) is 4.58. The summed E-state index contributed by atoms with van der Waals surface area (Å²) in [7, 11) is 0. The number of nitrogen functional groups attached to an aromatic ring is 1. The molecule has 0 aromatic carbocycles. The zero-order valence-electron chi connectivity index (χ0n) is 8.09. The second-order valence-corrected chi connectivity index (χ2v) is 2.85. The van der Waals surface area contributed by atoms with E-state index >= 15 is 0 Å². The predicted molar refractivity (Wildman–Crippen MR) is 50.5 cm³/mol. The summed E-state index contributed by atoms with van der Waals surface area (Å²) >= 11 is 0. The van der Waals surface area contributed by atoms with Crippen LogP contribution >= 0.6 is 0 Å². The number of hydrogen-bond donors (Lipinski definition) is 1. The Labute approximate surface area is 73.6 Å². The van der Waals surface area contributed by atoms with Crippen molar-refractivity contribution in [3.63, 3.8) is 0 Å². The van der Waals surface area contributed by atoms with Gasteiger partial charge in [-0.05, 0) is 12.8 Å². The highest BCUT2D eigenvalue weighted by Crippen LogP contribution is 2.10. The van der Waals surface area contributed by atoms with Gasteiger partial charge in [0.05, 0.1) is 11.4 Å². The molecule has 0 saturated carbocycles. The minimum atomic E-state index is 0.906. The van der Waals surface area contributed by atoms with Crippen LogP contribution in [0.1, 0.15) is 38.0 Å². The first-order chi connectivity index (χ1) is 5.74. The summed E-state index contributed by atoms with van der Waals surface area (Å²) in [6, 6.07) is 0. The van der Waals surface area contributed by atoms with Gasteiger partial charge in [-0.15, -0.1) is 0 Å². The predicted octanol–water partition coefficient (Wildman–Crippen LogP) is 1.28. The van der Waals surface area contributed by atoms with E-state index in [0.717, 1.165) is 30.8 Å². The van der Waals surface area contributed by atoms with Crippen molar-refractivity contribution in [3.8, 4) is 0 Å². The van der Waals surface area contributed by atoms with Crippen LogP contribution in [0, 0.1) is 0 Å². The monoisotopic (exact) mass is 167 g/mol. The van der Waals surface area contributed by atoms with E-state index in [9.17, 15) is 0 Å². The van der Waals surface area contributed by atoms with Crippen molar-refractivity contribution >= 4 is 0 Å². The smallest absolute Gasteiger partial charge is 0.127 e. The highest BCUT2D eigenvalue weighted by atomic mass is 15.3. The van der Waals surface area contributed by atoms with Gasteiger partial charge in [-0.3, -0.25) is 4.68 Å². The molecule has 1 heterocycles. The Bertz CT molecular complexity index is 263. The maximum atomic E-state index is 5.85. The van der Waals surface area contributed by atoms with Crippen LogP contribution in [0.15, 0.2) is 0 Å². The molecular formula is C9H17N3. The maximum absolute atomic E-state index is 5.85. The van der Waals surface area contributed by atoms with Gasteiger partial charge in [-0.1, -0.05) is 20.8 Å². The lowest BCUT2D eigenvalue weighted by Crippen LogP contribution is -2.15. The van der Waals surface area contributed by atoms with Gasteiger partial charge in [0.2, 0.25) is 0 Å². The first-order valence-electron chi connectivity index (χ1n) is 4.58. The van der Waals surface area contributed by atoms with Crippen LogP contribution in [-0.4, -0.2) is 9.66 Å². The summed E-state index contributed by atoms with van der Waals surface area (Å²) < 4.78 is 1.73. The normalized spacial score (nSPS) is 10.6. The zero-order valence-corrected chi connectivity index (χ0v) is 8.09. The molecule has 0 amide bonds. The Hall–Kier alpha value is -0.990. The molecule has 2 N–H and O–H groups in total. The van der Waals surface area contributed by atoms with E-state index in [1.807, 2.05) is 0 Å². The SMILES string of the molecule is CCc1nc(CC)n(N)c1CC. The van der Waals surface area contributed by atoms with Crippen molar-refractivity contribution in [2.45, 2.75) is 40.0 Å². The molecule has 1 aromatic rings. The third-order valence-corrected chi connectivity index (χ3v) is 2.15. The molecule has 0 saturated heterocycles. The van der Waals surface area contributed by atoms with Crippen molar-refractivity contribution in [2.75, 3.05) is 5.84 Å². The summed E-state index contributed by atoms with van der Waals surface area (Å²) in [6.45, 7) is 6.30. The van der Waals surface area contributed by atoms with Crippen LogP contribution in [0.4, 0.5) is 0 Å². The Balaban J connectivity index is 3.13. The maximum Gasteiger partial charge on any atom is 0.127 e. The Kier molecular flexibility index (Phi) is 2.74. The van der Waals surface area contributed by atoms with Gasteiger partial charge in [-0.25, -0.2) is 4.98 Å². The Morgan fingerprint density at radius 3 is 2.17 bits per heavy atom. The van der Waals surface area contributed by atoms with Crippen LogP contribution in [0.2, 0.25) is 0 Å². The molecule has 3 nitrogen and oxygen atoms in total. The number of aryl methyl sites for hydroxylation is 2. The Morgan fingerprint density at radius 1 is 1.17 bits per heavy atom. The van der Waals surface area contributed by atoms with Crippen molar-refractivity contribution < 1.29 is 0 Å². The van der Waals surface area contributed by atoms with Crippen molar-refractivity contribution in [3.05, 3.63) is 17.2 Å². The average molecular weight is 167 g/mol. The molecule has 0 fully saturated rings. The molecule has 12 heavy (non-hydrogen) atoms. The molecular weight excluding hydrogens is 150 g/mol. The molecule has 3 heteroatoms. The highest BCUT2D eigenvalue weighted by Gasteiger charge is 2.10. The van der Waals surface area contributed by atoms with Crippen molar-refractivity contribution in [1.82, 2.24) is 9.66 Å². The summed E-state index contributed by atoms with van der Waals surface area (Å²) in [5.41, 5.74) is 2.33. The Morgan fingerprint density at radius 2 is 1.83 bits per heavy atom. The van der Waals surface area contributed by atoms with E-state index in [0.29, 0.717) is 0 Å². The highest BCUT2D eigenvalue weighted by molar-refractivity contribution is 5.17. The molecule has 1 aromatic heterocycles. The minimum absolute atomic E-state index is 0.906. The van der Waals surface area contributed by atoms with Gasteiger partial charge < -0.3 is 5.84 Å². The summed E-state index contributed by atoms with van der Waals surface area (Å²) in [6.07, 6.45) is 2.84. The third-order valence-electron chi connectivity index (χ3n) is 2.15.